The molecule has 1 atom stereocenters. The molecule has 0 aromatic heterocycles. The van der Waals surface area contributed by atoms with Crippen LogP contribution in [0.15, 0.2) is 0 Å². The van der Waals surface area contributed by atoms with Crippen LogP contribution in [0.2, 0.25) is 0 Å². The van der Waals surface area contributed by atoms with Gasteiger partial charge in [-0.2, -0.15) is 0 Å². The molecule has 0 aliphatic carbocycles. The van der Waals surface area contributed by atoms with E-state index >= 15 is 0 Å². The molecule has 0 aromatic rings. The summed E-state index contributed by atoms with van der Waals surface area (Å²) in [4.78, 5) is 0. The van der Waals surface area contributed by atoms with E-state index in [-0.39, 0.29) is 4.75 Å². The second kappa shape index (κ2) is 6.22. The van der Waals surface area contributed by atoms with E-state index in [9.17, 15) is 4.57 Å². The fourth-order valence-corrected chi connectivity index (χ4v) is 16.6. The molecule has 0 radical (unpaired) electrons. The van der Waals surface area contributed by atoms with Crippen LogP contribution in [0.5, 0.6) is 0 Å². The summed E-state index contributed by atoms with van der Waals surface area (Å²) in [5, 5.41) is 0.410. The van der Waals surface area contributed by atoms with Crippen LogP contribution in [0.25, 0.3) is 0 Å². The molecule has 80 valence electrons. The second-order valence-electron chi connectivity index (χ2n) is 3.31. The van der Waals surface area contributed by atoms with Gasteiger partial charge in [0.2, 0.25) is 4.75 Å². The van der Waals surface area contributed by atoms with Crippen LogP contribution in [0, 0.1) is 0 Å². The first-order chi connectivity index (χ1) is 5.83. The van der Waals surface area contributed by atoms with Crippen LogP contribution < -0.4 is 0 Å². The molecule has 0 amide bonds. The third-order valence-corrected chi connectivity index (χ3v) is 13.9. The maximum absolute atomic E-state index is 12.2. The molecule has 0 saturated heterocycles. The molecule has 6 heteroatoms. The van der Waals surface area contributed by atoms with Gasteiger partial charge < -0.3 is 0 Å². The largest absolute Gasteiger partial charge is 0.288 e. The van der Waals surface area contributed by atoms with Gasteiger partial charge in [-0.3, -0.25) is 4.57 Å². The Labute approximate surface area is 98.1 Å². The number of hydrogen-bond donors (Lipinski definition) is 0. The molecule has 0 heterocycles. The third kappa shape index (κ3) is 7.49. The topological polar surface area (TPSA) is 17.1 Å². The minimum absolute atomic E-state index is 0.0384. The summed E-state index contributed by atoms with van der Waals surface area (Å²) in [6.07, 6.45) is 0. The SMILES string of the molecule is CCSP(=O)(SCCl)SC(C)(C)C. The molecule has 1 nitrogen and oxygen atoms in total. The van der Waals surface area contributed by atoms with Gasteiger partial charge >= 0.3 is 0 Å². The van der Waals surface area contributed by atoms with Gasteiger partial charge in [0.15, 0.2) is 0 Å². The average Bonchev–Trinajstić information content (AvgIpc) is 1.82. The molecule has 0 saturated carbocycles. The molecule has 0 fully saturated rings. The zero-order valence-electron chi connectivity index (χ0n) is 8.37. The van der Waals surface area contributed by atoms with Gasteiger partial charge in [-0.15, -0.1) is 11.6 Å². The van der Waals surface area contributed by atoms with E-state index < -0.39 is 4.75 Å². The lowest BCUT2D eigenvalue weighted by molar-refractivity contribution is 0.601. The standard InChI is InChI=1S/C7H16ClOPS3/c1-5-11-10(9,12-6-8)13-7(2,3)4/h5-6H2,1-4H3. The lowest BCUT2D eigenvalue weighted by Crippen LogP contribution is -2.05. The number of alkyl halides is 1. The Morgan fingerprint density at radius 2 is 1.85 bits per heavy atom. The third-order valence-electron chi connectivity index (χ3n) is 0.880. The molecule has 13 heavy (non-hydrogen) atoms. The average molecular weight is 279 g/mol. The van der Waals surface area contributed by atoms with Crippen molar-refractivity contribution < 1.29 is 4.57 Å². The van der Waals surface area contributed by atoms with Crippen LogP contribution in [0.3, 0.4) is 0 Å². The molecule has 0 N–H and O–H groups in total. The first-order valence-electron chi connectivity index (χ1n) is 3.99. The highest BCUT2D eigenvalue weighted by Crippen LogP contribution is 2.80. The monoisotopic (exact) mass is 278 g/mol. The van der Waals surface area contributed by atoms with Crippen molar-refractivity contribution in [3.05, 3.63) is 0 Å². The molecular formula is C7H16ClOPS3. The highest BCUT2D eigenvalue weighted by atomic mass is 35.5. The Hall–Kier alpha value is 1.57. The van der Waals surface area contributed by atoms with Crippen molar-refractivity contribution in [3.8, 4) is 0 Å². The first kappa shape index (κ1) is 14.6. The van der Waals surface area contributed by atoms with E-state index in [1.165, 1.54) is 22.8 Å². The minimum atomic E-state index is -2.22. The lowest BCUT2D eigenvalue weighted by atomic mass is 10.3. The molecule has 0 bridgehead atoms. The van der Waals surface area contributed by atoms with Crippen molar-refractivity contribution in [3.63, 3.8) is 0 Å². The Bertz CT molecular complexity index is 183. The normalized spacial score (nSPS) is 17.0. The molecule has 0 spiro atoms. The molecule has 1 unspecified atom stereocenters. The predicted molar refractivity (Wildman–Crippen MR) is 71.4 cm³/mol. The maximum atomic E-state index is 12.2. The van der Waals surface area contributed by atoms with Crippen molar-refractivity contribution in [1.82, 2.24) is 0 Å². The van der Waals surface area contributed by atoms with Gasteiger partial charge in [-0.25, -0.2) is 0 Å². The quantitative estimate of drug-likeness (QED) is 0.500. The second-order valence-corrected chi connectivity index (χ2v) is 16.4. The first-order valence-corrected chi connectivity index (χ1v) is 10.8. The molecular weight excluding hydrogens is 263 g/mol. The Morgan fingerprint density at radius 3 is 2.15 bits per heavy atom. The highest BCUT2D eigenvalue weighted by molar-refractivity contribution is 9.14. The van der Waals surface area contributed by atoms with Gasteiger partial charge in [0.25, 0.3) is 0 Å². The van der Waals surface area contributed by atoms with Crippen molar-refractivity contribution in [2.45, 2.75) is 32.4 Å². The van der Waals surface area contributed by atoms with E-state index in [2.05, 4.69) is 20.8 Å². The van der Waals surface area contributed by atoms with Crippen LogP contribution in [-0.4, -0.2) is 15.7 Å². The van der Waals surface area contributed by atoms with E-state index in [0.717, 1.165) is 5.75 Å². The Balaban J connectivity index is 4.33. The summed E-state index contributed by atoms with van der Waals surface area (Å²) in [5.74, 6) is 0.879. The van der Waals surface area contributed by atoms with Crippen molar-refractivity contribution in [1.29, 1.82) is 0 Å². The molecule has 0 aliphatic rings. The van der Waals surface area contributed by atoms with Gasteiger partial charge in [0.05, 0.1) is 5.21 Å². The summed E-state index contributed by atoms with van der Waals surface area (Å²) in [5.41, 5.74) is 0. The fraction of sp³-hybridized carbons (Fsp3) is 1.00. The van der Waals surface area contributed by atoms with Gasteiger partial charge in [-0.05, 0) is 5.75 Å². The maximum Gasteiger partial charge on any atom is 0.245 e. The summed E-state index contributed by atoms with van der Waals surface area (Å²) < 4.78 is 10.0. The number of hydrogen-bond acceptors (Lipinski definition) is 4. The van der Waals surface area contributed by atoms with Crippen LogP contribution in [0.4, 0.5) is 0 Å². The van der Waals surface area contributed by atoms with Gasteiger partial charge in [0, 0.05) is 4.75 Å². The predicted octanol–water partition coefficient (Wildman–Crippen LogP) is 5.31. The van der Waals surface area contributed by atoms with Crippen LogP contribution in [-0.2, 0) is 4.57 Å². The van der Waals surface area contributed by atoms with E-state index in [0.29, 0.717) is 5.21 Å². The van der Waals surface area contributed by atoms with Crippen molar-refractivity contribution >= 4 is 50.5 Å². The van der Waals surface area contributed by atoms with Crippen LogP contribution >= 0.6 is 50.5 Å². The van der Waals surface area contributed by atoms with Crippen molar-refractivity contribution in [2.75, 3.05) is 11.0 Å². The summed E-state index contributed by atoms with van der Waals surface area (Å²) in [6.45, 7) is 8.26. The van der Waals surface area contributed by atoms with E-state index in [1.807, 2.05) is 6.92 Å². The van der Waals surface area contributed by atoms with Gasteiger partial charge in [0.1, 0.15) is 0 Å². The Kier molecular flexibility index (Phi) is 6.97. The Morgan fingerprint density at radius 1 is 1.31 bits per heavy atom. The zero-order chi connectivity index (χ0) is 10.5. The number of rotatable bonds is 5. The fourth-order valence-electron chi connectivity index (χ4n) is 0.643. The van der Waals surface area contributed by atoms with Crippen molar-refractivity contribution in [2.24, 2.45) is 0 Å². The summed E-state index contributed by atoms with van der Waals surface area (Å²) >= 11 is 10.1. The summed E-state index contributed by atoms with van der Waals surface area (Å²) in [6, 6.07) is 0. The van der Waals surface area contributed by atoms with Gasteiger partial charge in [-0.1, -0.05) is 61.8 Å². The molecule has 0 rings (SSSR count). The zero-order valence-corrected chi connectivity index (χ0v) is 12.5. The smallest absolute Gasteiger partial charge is 0.245 e. The molecule has 0 aromatic carbocycles. The minimum Gasteiger partial charge on any atom is -0.288 e. The molecule has 0 aliphatic heterocycles. The number of halogens is 1. The van der Waals surface area contributed by atoms with E-state index in [1.54, 1.807) is 11.4 Å². The van der Waals surface area contributed by atoms with Crippen LogP contribution in [0.1, 0.15) is 27.7 Å². The van der Waals surface area contributed by atoms with E-state index in [4.69, 9.17) is 11.6 Å². The highest BCUT2D eigenvalue weighted by Gasteiger charge is 2.29. The summed E-state index contributed by atoms with van der Waals surface area (Å²) in [7, 11) is 0. The lowest BCUT2D eigenvalue weighted by Gasteiger charge is -2.23.